The maximum Gasteiger partial charge on any atom is 0.307 e. The van der Waals surface area contributed by atoms with Crippen LogP contribution in [0.15, 0.2) is 35.0 Å². The summed E-state index contributed by atoms with van der Waals surface area (Å²) in [5.41, 5.74) is 0. The van der Waals surface area contributed by atoms with Crippen LogP contribution in [0.4, 0.5) is 0 Å². The maximum absolute atomic E-state index is 12.1. The first-order chi connectivity index (χ1) is 11.1. The van der Waals surface area contributed by atoms with Gasteiger partial charge in [0.15, 0.2) is 5.78 Å². The van der Waals surface area contributed by atoms with Gasteiger partial charge in [-0.2, -0.15) is 0 Å². The zero-order chi connectivity index (χ0) is 16.7. The van der Waals surface area contributed by atoms with Crippen LogP contribution in [0.2, 0.25) is 0 Å². The van der Waals surface area contributed by atoms with Crippen LogP contribution >= 0.6 is 22.7 Å². The number of thiophene rings is 2. The van der Waals surface area contributed by atoms with Crippen LogP contribution in [0.1, 0.15) is 39.9 Å². The Morgan fingerprint density at radius 2 is 1.87 bits per heavy atom. The third kappa shape index (κ3) is 5.30. The molecule has 7 heteroatoms. The first-order valence-corrected chi connectivity index (χ1v) is 8.82. The Kier molecular flexibility index (Phi) is 6.49. The SMILES string of the molecule is COC(=O)C[C@@H](NC(=O)CCC(=O)c1cccs1)c1cccs1. The van der Waals surface area contributed by atoms with E-state index in [1.165, 1.54) is 29.8 Å². The smallest absolute Gasteiger partial charge is 0.307 e. The van der Waals surface area contributed by atoms with E-state index < -0.39 is 12.0 Å². The van der Waals surface area contributed by atoms with Crippen LogP contribution in [-0.4, -0.2) is 24.8 Å². The van der Waals surface area contributed by atoms with Gasteiger partial charge in [0, 0.05) is 17.7 Å². The van der Waals surface area contributed by atoms with Gasteiger partial charge in [0.25, 0.3) is 0 Å². The number of Topliss-reactive ketones (excluding diaryl/α,β-unsaturated/α-hetero) is 1. The van der Waals surface area contributed by atoms with Crippen molar-refractivity contribution in [3.05, 3.63) is 44.8 Å². The zero-order valence-corrected chi connectivity index (χ0v) is 14.2. The van der Waals surface area contributed by atoms with E-state index in [4.69, 9.17) is 0 Å². The highest BCUT2D eigenvalue weighted by molar-refractivity contribution is 7.12. The highest BCUT2D eigenvalue weighted by Crippen LogP contribution is 2.23. The number of hydrogen-bond acceptors (Lipinski definition) is 6. The van der Waals surface area contributed by atoms with Gasteiger partial charge >= 0.3 is 5.97 Å². The number of ether oxygens (including phenoxy) is 1. The van der Waals surface area contributed by atoms with E-state index in [1.54, 1.807) is 12.1 Å². The fourth-order valence-corrected chi connectivity index (χ4v) is 3.49. The van der Waals surface area contributed by atoms with Gasteiger partial charge in [0.2, 0.25) is 5.91 Å². The molecule has 0 spiro atoms. The first kappa shape index (κ1) is 17.4. The average Bonchev–Trinajstić information content (AvgIpc) is 3.24. The molecule has 0 fully saturated rings. The lowest BCUT2D eigenvalue weighted by atomic mass is 10.1. The van der Waals surface area contributed by atoms with Gasteiger partial charge in [0.1, 0.15) is 0 Å². The second kappa shape index (κ2) is 8.59. The Bertz CT molecular complexity index is 650. The standard InChI is InChI=1S/C16H17NO4S2/c1-21-16(20)10-11(13-4-2-8-22-13)17-15(19)7-6-12(18)14-5-3-9-23-14/h2-5,8-9,11H,6-7,10H2,1H3,(H,17,19)/t11-/m1/s1. The number of hydrogen-bond donors (Lipinski definition) is 1. The highest BCUT2D eigenvalue weighted by atomic mass is 32.1. The number of esters is 1. The molecule has 0 aliphatic rings. The van der Waals surface area contributed by atoms with Gasteiger partial charge in [-0.25, -0.2) is 0 Å². The van der Waals surface area contributed by atoms with Crippen LogP contribution < -0.4 is 5.32 Å². The van der Waals surface area contributed by atoms with Gasteiger partial charge in [0.05, 0.1) is 24.4 Å². The number of ketones is 1. The van der Waals surface area contributed by atoms with Crippen LogP contribution in [0, 0.1) is 0 Å². The minimum atomic E-state index is -0.424. The molecule has 1 atom stereocenters. The third-order valence-corrected chi connectivity index (χ3v) is 5.09. The minimum absolute atomic E-state index is 0.0456. The molecule has 23 heavy (non-hydrogen) atoms. The monoisotopic (exact) mass is 351 g/mol. The molecular weight excluding hydrogens is 334 g/mol. The predicted molar refractivity (Wildman–Crippen MR) is 89.7 cm³/mol. The minimum Gasteiger partial charge on any atom is -0.469 e. The molecule has 2 rings (SSSR count). The second-order valence-electron chi connectivity index (χ2n) is 4.82. The summed E-state index contributed by atoms with van der Waals surface area (Å²) in [5, 5.41) is 6.52. The predicted octanol–water partition coefficient (Wildman–Crippen LogP) is 3.19. The number of carbonyl (C=O) groups is 3. The summed E-state index contributed by atoms with van der Waals surface area (Å²) >= 11 is 2.83. The Morgan fingerprint density at radius 3 is 2.48 bits per heavy atom. The molecule has 0 aliphatic carbocycles. The molecule has 0 saturated carbocycles. The number of carbonyl (C=O) groups excluding carboxylic acids is 3. The van der Waals surface area contributed by atoms with Crippen molar-refractivity contribution >= 4 is 40.3 Å². The summed E-state index contributed by atoms with van der Waals surface area (Å²) < 4.78 is 4.67. The molecule has 0 radical (unpaired) electrons. The molecule has 122 valence electrons. The summed E-state index contributed by atoms with van der Waals surface area (Å²) in [6.45, 7) is 0. The van der Waals surface area contributed by atoms with Gasteiger partial charge in [-0.1, -0.05) is 12.1 Å². The maximum atomic E-state index is 12.1. The van der Waals surface area contributed by atoms with Crippen molar-refractivity contribution in [1.82, 2.24) is 5.32 Å². The van der Waals surface area contributed by atoms with Gasteiger partial charge in [-0.05, 0) is 22.9 Å². The molecule has 1 N–H and O–H groups in total. The van der Waals surface area contributed by atoms with E-state index in [0.29, 0.717) is 4.88 Å². The lowest BCUT2D eigenvalue weighted by molar-refractivity contribution is -0.141. The second-order valence-corrected chi connectivity index (χ2v) is 6.74. The quantitative estimate of drug-likeness (QED) is 0.585. The summed E-state index contributed by atoms with van der Waals surface area (Å²) in [5.74, 6) is -0.689. The molecule has 0 unspecified atom stereocenters. The van der Waals surface area contributed by atoms with Gasteiger partial charge < -0.3 is 10.1 Å². The summed E-state index contributed by atoms with van der Waals surface area (Å²) in [4.78, 5) is 37.0. The van der Waals surface area contributed by atoms with Crippen LogP contribution in [0.25, 0.3) is 0 Å². The van der Waals surface area contributed by atoms with E-state index in [-0.39, 0.29) is 31.0 Å². The molecule has 2 aromatic heterocycles. The van der Waals surface area contributed by atoms with Crippen molar-refractivity contribution in [3.8, 4) is 0 Å². The van der Waals surface area contributed by atoms with Gasteiger partial charge in [-0.15, -0.1) is 22.7 Å². The fourth-order valence-electron chi connectivity index (χ4n) is 2.02. The number of nitrogens with one attached hydrogen (secondary N) is 1. The van der Waals surface area contributed by atoms with Crippen LogP contribution in [0.5, 0.6) is 0 Å². The van der Waals surface area contributed by atoms with Crippen molar-refractivity contribution in [2.24, 2.45) is 0 Å². The van der Waals surface area contributed by atoms with Crippen LogP contribution in [-0.2, 0) is 14.3 Å². The number of amides is 1. The highest BCUT2D eigenvalue weighted by Gasteiger charge is 2.20. The topological polar surface area (TPSA) is 72.5 Å². The Morgan fingerprint density at radius 1 is 1.13 bits per heavy atom. The largest absolute Gasteiger partial charge is 0.469 e. The third-order valence-electron chi connectivity index (χ3n) is 3.20. The van der Waals surface area contributed by atoms with Crippen molar-refractivity contribution < 1.29 is 19.1 Å². The molecule has 2 aromatic rings. The first-order valence-electron chi connectivity index (χ1n) is 7.06. The molecule has 2 heterocycles. The zero-order valence-electron chi connectivity index (χ0n) is 12.6. The molecule has 0 bridgehead atoms. The molecule has 0 saturated heterocycles. The fraction of sp³-hybridized carbons (Fsp3) is 0.312. The average molecular weight is 351 g/mol. The molecule has 0 aliphatic heterocycles. The molecule has 1 amide bonds. The van der Waals surface area contributed by atoms with Crippen molar-refractivity contribution in [3.63, 3.8) is 0 Å². The number of rotatable bonds is 8. The van der Waals surface area contributed by atoms with E-state index in [0.717, 1.165) is 4.88 Å². The summed E-state index contributed by atoms with van der Waals surface area (Å²) in [7, 11) is 1.31. The van der Waals surface area contributed by atoms with Crippen molar-refractivity contribution in [1.29, 1.82) is 0 Å². The lowest BCUT2D eigenvalue weighted by Gasteiger charge is -2.16. The Labute approximate surface area is 142 Å². The molecule has 5 nitrogen and oxygen atoms in total. The van der Waals surface area contributed by atoms with E-state index >= 15 is 0 Å². The number of methoxy groups -OCH3 is 1. The van der Waals surface area contributed by atoms with Crippen LogP contribution in [0.3, 0.4) is 0 Å². The normalized spacial score (nSPS) is 11.7. The van der Waals surface area contributed by atoms with E-state index in [9.17, 15) is 14.4 Å². The molecule has 0 aromatic carbocycles. The Balaban J connectivity index is 1.89. The Hall–Kier alpha value is -1.99. The van der Waals surface area contributed by atoms with Crippen molar-refractivity contribution in [2.75, 3.05) is 7.11 Å². The molecular formula is C16H17NO4S2. The van der Waals surface area contributed by atoms with Gasteiger partial charge in [-0.3, -0.25) is 14.4 Å². The lowest BCUT2D eigenvalue weighted by Crippen LogP contribution is -2.30. The van der Waals surface area contributed by atoms with E-state index in [2.05, 4.69) is 10.1 Å². The van der Waals surface area contributed by atoms with Crippen molar-refractivity contribution in [2.45, 2.75) is 25.3 Å². The summed E-state index contributed by atoms with van der Waals surface area (Å²) in [6.07, 6.45) is 0.323. The summed E-state index contributed by atoms with van der Waals surface area (Å²) in [6, 6.07) is 6.84. The van der Waals surface area contributed by atoms with E-state index in [1.807, 2.05) is 22.9 Å².